The highest BCUT2D eigenvalue weighted by Crippen LogP contribution is 2.68. The van der Waals surface area contributed by atoms with Crippen LogP contribution in [0.15, 0.2) is 36.5 Å². The van der Waals surface area contributed by atoms with Crippen molar-refractivity contribution in [2.24, 2.45) is 35.0 Å². The molecule has 0 bridgehead atoms. The number of carbonyl (C=O) groups excluding carboxylic acids is 1. The number of hydrogen-bond acceptors (Lipinski definition) is 2. The molecule has 0 spiro atoms. The quantitative estimate of drug-likeness (QED) is 0.653. The first-order valence-corrected chi connectivity index (χ1v) is 11.0. The van der Waals surface area contributed by atoms with Crippen molar-refractivity contribution in [1.82, 2.24) is 0 Å². The Labute approximate surface area is 164 Å². The molecule has 4 rings (SSSR count). The van der Waals surface area contributed by atoms with Gasteiger partial charge in [-0.15, -0.1) is 13.2 Å². The van der Waals surface area contributed by atoms with Gasteiger partial charge in [0, 0.05) is 18.3 Å². The Bertz CT molecular complexity index is 688. The van der Waals surface area contributed by atoms with E-state index in [0.29, 0.717) is 42.3 Å². The third-order valence-electron chi connectivity index (χ3n) is 9.04. The van der Waals surface area contributed by atoms with Crippen LogP contribution in [0.25, 0.3) is 0 Å². The minimum atomic E-state index is -0.657. The van der Waals surface area contributed by atoms with Gasteiger partial charge in [0.15, 0.2) is 0 Å². The Morgan fingerprint density at radius 1 is 1.26 bits per heavy atom. The Hall–Kier alpha value is -1.15. The molecule has 7 atom stereocenters. The van der Waals surface area contributed by atoms with Crippen LogP contribution >= 0.6 is 0 Å². The van der Waals surface area contributed by atoms with Gasteiger partial charge in [0.05, 0.1) is 5.60 Å². The number of ketones is 1. The first kappa shape index (κ1) is 19.2. The lowest BCUT2D eigenvalue weighted by Gasteiger charge is -2.56. The molecule has 0 amide bonds. The molecule has 0 saturated heterocycles. The Kier molecular flexibility index (Phi) is 4.78. The van der Waals surface area contributed by atoms with E-state index in [-0.39, 0.29) is 11.3 Å². The first-order chi connectivity index (χ1) is 12.9. The summed E-state index contributed by atoms with van der Waals surface area (Å²) < 4.78 is 0. The summed E-state index contributed by atoms with van der Waals surface area (Å²) in [6.45, 7) is 12.7. The van der Waals surface area contributed by atoms with E-state index in [4.69, 9.17) is 0 Å². The predicted octanol–water partition coefficient (Wildman–Crippen LogP) is 5.63. The van der Waals surface area contributed by atoms with E-state index < -0.39 is 5.60 Å². The molecule has 4 aliphatic rings. The molecule has 27 heavy (non-hydrogen) atoms. The van der Waals surface area contributed by atoms with Crippen LogP contribution in [0.2, 0.25) is 0 Å². The molecular formula is C25H36O2. The van der Waals surface area contributed by atoms with Crippen LogP contribution in [0.3, 0.4) is 0 Å². The van der Waals surface area contributed by atoms with Gasteiger partial charge in [0.1, 0.15) is 5.78 Å². The molecule has 148 valence electrons. The van der Waals surface area contributed by atoms with Crippen molar-refractivity contribution in [1.29, 1.82) is 0 Å². The van der Waals surface area contributed by atoms with E-state index in [1.54, 1.807) is 5.57 Å². The van der Waals surface area contributed by atoms with Gasteiger partial charge in [-0.25, -0.2) is 0 Å². The molecule has 2 fully saturated rings. The molecule has 0 aliphatic heterocycles. The highest BCUT2D eigenvalue weighted by molar-refractivity contribution is 5.82. The molecule has 0 unspecified atom stereocenters. The van der Waals surface area contributed by atoms with Gasteiger partial charge in [-0.3, -0.25) is 4.79 Å². The second-order valence-corrected chi connectivity index (χ2v) is 10.1. The van der Waals surface area contributed by atoms with Crippen LogP contribution in [-0.4, -0.2) is 16.5 Å². The largest absolute Gasteiger partial charge is 0.389 e. The van der Waals surface area contributed by atoms with Gasteiger partial charge < -0.3 is 5.11 Å². The molecule has 2 nitrogen and oxygen atoms in total. The van der Waals surface area contributed by atoms with E-state index >= 15 is 0 Å². The minimum Gasteiger partial charge on any atom is -0.389 e. The van der Waals surface area contributed by atoms with Gasteiger partial charge in [-0.05, 0) is 74.5 Å². The smallest absolute Gasteiger partial charge is 0.137 e. The number of fused-ring (bicyclic) bond motifs is 4. The highest BCUT2D eigenvalue weighted by atomic mass is 16.3. The van der Waals surface area contributed by atoms with E-state index in [1.165, 1.54) is 12.0 Å². The average Bonchev–Trinajstić information content (AvgIpc) is 2.83. The zero-order valence-corrected chi connectivity index (χ0v) is 17.2. The maximum atomic E-state index is 12.0. The topological polar surface area (TPSA) is 37.3 Å². The SMILES string of the molecule is C=CC[C@@H]1C[C@H]2[C@@H]3[C@H](C)CC4=C(CCC(=O)C4)[C@H]3CC[C@]2(C)[C@]1(O)CC=C. The van der Waals surface area contributed by atoms with E-state index in [9.17, 15) is 9.90 Å². The maximum absolute atomic E-state index is 12.0. The van der Waals surface area contributed by atoms with Crippen LogP contribution in [0.5, 0.6) is 0 Å². The standard InChI is InChI=1S/C25H36O2/c1-5-7-18-15-22-23-16(3)13-17-14-19(26)8-9-20(17)21(23)10-12-24(22,4)25(18,27)11-6-2/h5-6,16,18,21-23,27H,1-2,7-15H2,3-4H3/t16-,18-,21-,22+,23-,24+,25+/m1/s1. The molecule has 0 heterocycles. The van der Waals surface area contributed by atoms with Gasteiger partial charge in [0.2, 0.25) is 0 Å². The van der Waals surface area contributed by atoms with Gasteiger partial charge in [-0.2, -0.15) is 0 Å². The molecule has 2 heteroatoms. The molecule has 0 aromatic rings. The summed E-state index contributed by atoms with van der Waals surface area (Å²) >= 11 is 0. The fraction of sp³-hybridized carbons (Fsp3) is 0.720. The summed E-state index contributed by atoms with van der Waals surface area (Å²) in [6, 6.07) is 0. The molecule has 4 aliphatic carbocycles. The van der Waals surface area contributed by atoms with Crippen LogP contribution < -0.4 is 0 Å². The second kappa shape index (κ2) is 6.72. The summed E-state index contributed by atoms with van der Waals surface area (Å²) in [5.41, 5.74) is 2.42. The molecule has 1 N–H and O–H groups in total. The van der Waals surface area contributed by atoms with E-state index in [1.807, 2.05) is 12.2 Å². The normalized spacial score (nSPS) is 46.5. The monoisotopic (exact) mass is 368 g/mol. The number of aliphatic hydroxyl groups is 1. The number of allylic oxidation sites excluding steroid dienone is 3. The van der Waals surface area contributed by atoms with Crippen molar-refractivity contribution in [3.8, 4) is 0 Å². The average molecular weight is 369 g/mol. The molecular weight excluding hydrogens is 332 g/mol. The van der Waals surface area contributed by atoms with E-state index in [2.05, 4.69) is 27.0 Å². The van der Waals surface area contributed by atoms with Crippen molar-refractivity contribution < 1.29 is 9.90 Å². The summed E-state index contributed by atoms with van der Waals surface area (Å²) in [4.78, 5) is 12.0. The summed E-state index contributed by atoms with van der Waals surface area (Å²) in [5.74, 6) is 3.20. The summed E-state index contributed by atoms with van der Waals surface area (Å²) in [7, 11) is 0. The third-order valence-corrected chi connectivity index (χ3v) is 9.04. The fourth-order valence-electron chi connectivity index (χ4n) is 7.84. The van der Waals surface area contributed by atoms with Gasteiger partial charge in [0.25, 0.3) is 0 Å². The van der Waals surface area contributed by atoms with Crippen LogP contribution in [-0.2, 0) is 4.79 Å². The van der Waals surface area contributed by atoms with Crippen LogP contribution in [0.4, 0.5) is 0 Å². The van der Waals surface area contributed by atoms with Gasteiger partial charge >= 0.3 is 0 Å². The Balaban J connectivity index is 1.72. The van der Waals surface area contributed by atoms with Crippen LogP contribution in [0, 0.1) is 35.0 Å². The Morgan fingerprint density at radius 3 is 2.74 bits per heavy atom. The van der Waals surface area contributed by atoms with Crippen molar-refractivity contribution in [3.05, 3.63) is 36.5 Å². The molecule has 2 saturated carbocycles. The van der Waals surface area contributed by atoms with Crippen molar-refractivity contribution >= 4 is 5.78 Å². The van der Waals surface area contributed by atoms with Gasteiger partial charge in [-0.1, -0.05) is 37.1 Å². The minimum absolute atomic E-state index is 0.0349. The predicted molar refractivity (Wildman–Crippen MR) is 110 cm³/mol. The zero-order chi connectivity index (χ0) is 19.4. The number of carbonyl (C=O) groups is 1. The van der Waals surface area contributed by atoms with Crippen molar-refractivity contribution in [2.75, 3.05) is 0 Å². The summed E-state index contributed by atoms with van der Waals surface area (Å²) in [6.07, 6.45) is 12.4. The second-order valence-electron chi connectivity index (χ2n) is 10.1. The number of Topliss-reactive ketones (excluding diaryl/α,β-unsaturated/α-hetero) is 1. The molecule has 0 aromatic carbocycles. The van der Waals surface area contributed by atoms with Crippen molar-refractivity contribution in [3.63, 3.8) is 0 Å². The maximum Gasteiger partial charge on any atom is 0.137 e. The lowest BCUT2D eigenvalue weighted by molar-refractivity contribution is -0.128. The Morgan fingerprint density at radius 2 is 2.04 bits per heavy atom. The van der Waals surface area contributed by atoms with Crippen molar-refractivity contribution in [2.45, 2.75) is 77.2 Å². The molecule has 0 aromatic heterocycles. The molecule has 0 radical (unpaired) electrons. The number of rotatable bonds is 4. The fourth-order valence-corrected chi connectivity index (χ4v) is 7.84. The highest BCUT2D eigenvalue weighted by Gasteiger charge is 2.65. The summed E-state index contributed by atoms with van der Waals surface area (Å²) in [5, 5.41) is 11.9. The van der Waals surface area contributed by atoms with E-state index in [0.717, 1.165) is 38.5 Å². The third kappa shape index (κ3) is 2.66. The first-order valence-electron chi connectivity index (χ1n) is 11.0. The zero-order valence-electron chi connectivity index (χ0n) is 17.2. The number of hydrogen-bond donors (Lipinski definition) is 1. The lowest BCUT2D eigenvalue weighted by Crippen LogP contribution is -2.54. The lowest BCUT2D eigenvalue weighted by atomic mass is 9.50. The van der Waals surface area contributed by atoms with Crippen LogP contribution in [0.1, 0.15) is 71.6 Å².